The third-order valence-corrected chi connectivity index (χ3v) is 6.41. The number of carbonyl (C=O) groups excluding carboxylic acids is 2. The lowest BCUT2D eigenvalue weighted by Gasteiger charge is -2.30. The number of hydrogen-bond acceptors (Lipinski definition) is 4. The Labute approximate surface area is 208 Å². The average molecular weight is 484 g/mol. The standard InChI is InChI=1S/C28H26FN5O2/c1-17-14-22-25(28(36)34(17)2)27(31-21-6-4-3-5-7-21)26(32-22)19-12-13-30-23(16-19)33-24(35)15-18-8-10-20(29)11-9-18/h3-13,16-17,31-32H,14-15H2,1-2H3,(H,30,33,35). The molecule has 3 heterocycles. The number of aromatic amines is 1. The monoisotopic (exact) mass is 483 g/mol. The quantitative estimate of drug-likeness (QED) is 0.354. The molecule has 7 nitrogen and oxygen atoms in total. The highest BCUT2D eigenvalue weighted by Crippen LogP contribution is 2.39. The van der Waals surface area contributed by atoms with Gasteiger partial charge in [0.1, 0.15) is 11.6 Å². The third-order valence-electron chi connectivity index (χ3n) is 6.41. The summed E-state index contributed by atoms with van der Waals surface area (Å²) in [4.78, 5) is 35.4. The molecule has 3 N–H and O–H groups in total. The molecule has 1 atom stereocenters. The Morgan fingerprint density at radius 3 is 2.64 bits per heavy atom. The summed E-state index contributed by atoms with van der Waals surface area (Å²) < 4.78 is 13.2. The third kappa shape index (κ3) is 4.70. The van der Waals surface area contributed by atoms with Gasteiger partial charge in [0.15, 0.2) is 0 Å². The first kappa shape index (κ1) is 23.3. The molecule has 1 aliphatic rings. The molecule has 182 valence electrons. The number of para-hydroxylation sites is 1. The second-order valence-electron chi connectivity index (χ2n) is 8.97. The highest BCUT2D eigenvalue weighted by molar-refractivity contribution is 6.06. The summed E-state index contributed by atoms with van der Waals surface area (Å²) >= 11 is 0. The molecular formula is C28H26FN5O2. The van der Waals surface area contributed by atoms with Crippen LogP contribution < -0.4 is 10.6 Å². The largest absolute Gasteiger partial charge is 0.356 e. The number of nitrogens with zero attached hydrogens (tertiary/aromatic N) is 2. The minimum Gasteiger partial charge on any atom is -0.356 e. The van der Waals surface area contributed by atoms with Crippen LogP contribution in [-0.2, 0) is 17.6 Å². The predicted octanol–water partition coefficient (Wildman–Crippen LogP) is 5.16. The first-order valence-corrected chi connectivity index (χ1v) is 11.7. The van der Waals surface area contributed by atoms with Gasteiger partial charge in [0.2, 0.25) is 5.91 Å². The van der Waals surface area contributed by atoms with Crippen LogP contribution in [0.15, 0.2) is 72.9 Å². The van der Waals surface area contributed by atoms with Gasteiger partial charge < -0.3 is 20.5 Å². The van der Waals surface area contributed by atoms with Gasteiger partial charge in [-0.3, -0.25) is 9.59 Å². The van der Waals surface area contributed by atoms with Gasteiger partial charge in [-0.25, -0.2) is 9.37 Å². The van der Waals surface area contributed by atoms with Crippen LogP contribution in [0.2, 0.25) is 0 Å². The van der Waals surface area contributed by atoms with Crippen molar-refractivity contribution >= 4 is 29.0 Å². The lowest BCUT2D eigenvalue weighted by atomic mass is 9.99. The van der Waals surface area contributed by atoms with Crippen molar-refractivity contribution in [1.82, 2.24) is 14.9 Å². The molecule has 0 bridgehead atoms. The van der Waals surface area contributed by atoms with Crippen LogP contribution in [0.1, 0.15) is 28.5 Å². The minimum atomic E-state index is -0.346. The fourth-order valence-electron chi connectivity index (χ4n) is 4.39. The topological polar surface area (TPSA) is 90.1 Å². The van der Waals surface area contributed by atoms with E-state index in [2.05, 4.69) is 20.6 Å². The Hall–Kier alpha value is -4.46. The van der Waals surface area contributed by atoms with Crippen molar-refractivity contribution in [2.75, 3.05) is 17.7 Å². The van der Waals surface area contributed by atoms with E-state index in [1.165, 1.54) is 12.1 Å². The van der Waals surface area contributed by atoms with Gasteiger partial charge in [-0.15, -0.1) is 0 Å². The summed E-state index contributed by atoms with van der Waals surface area (Å²) in [7, 11) is 1.82. The lowest BCUT2D eigenvalue weighted by Crippen LogP contribution is -2.41. The number of anilines is 3. The Balaban J connectivity index is 1.47. The predicted molar refractivity (Wildman–Crippen MR) is 138 cm³/mol. The molecule has 0 radical (unpaired) electrons. The van der Waals surface area contributed by atoms with Gasteiger partial charge >= 0.3 is 0 Å². The molecule has 1 aliphatic heterocycles. The van der Waals surface area contributed by atoms with Crippen LogP contribution in [0.3, 0.4) is 0 Å². The Morgan fingerprint density at radius 1 is 1.14 bits per heavy atom. The van der Waals surface area contributed by atoms with Crippen molar-refractivity contribution in [3.63, 3.8) is 0 Å². The molecule has 4 aromatic rings. The van der Waals surface area contributed by atoms with E-state index in [9.17, 15) is 14.0 Å². The molecule has 5 rings (SSSR count). The van der Waals surface area contributed by atoms with Gasteiger partial charge in [0.25, 0.3) is 5.91 Å². The smallest absolute Gasteiger partial charge is 0.257 e. The molecule has 2 aromatic carbocycles. The SMILES string of the molecule is CC1Cc2[nH]c(-c3ccnc(NC(=O)Cc4ccc(F)cc4)c3)c(Nc3ccccc3)c2C(=O)N1C. The van der Waals surface area contributed by atoms with Crippen molar-refractivity contribution < 1.29 is 14.0 Å². The van der Waals surface area contributed by atoms with Gasteiger partial charge in [-0.1, -0.05) is 30.3 Å². The van der Waals surface area contributed by atoms with E-state index in [0.717, 1.165) is 22.6 Å². The van der Waals surface area contributed by atoms with Crippen LogP contribution in [0, 0.1) is 5.82 Å². The summed E-state index contributed by atoms with van der Waals surface area (Å²) in [5.41, 5.74) is 5.26. The maximum absolute atomic E-state index is 13.3. The zero-order valence-corrected chi connectivity index (χ0v) is 20.0. The van der Waals surface area contributed by atoms with Crippen LogP contribution in [-0.4, -0.2) is 39.8 Å². The van der Waals surface area contributed by atoms with E-state index in [0.29, 0.717) is 29.1 Å². The fourth-order valence-corrected chi connectivity index (χ4v) is 4.39. The second-order valence-corrected chi connectivity index (χ2v) is 8.97. The number of pyridine rings is 1. The Kier molecular flexibility index (Phi) is 6.25. The van der Waals surface area contributed by atoms with E-state index < -0.39 is 0 Å². The number of hydrogen-bond donors (Lipinski definition) is 3. The Bertz CT molecular complexity index is 1420. The van der Waals surface area contributed by atoms with Crippen molar-refractivity contribution in [1.29, 1.82) is 0 Å². The molecule has 0 spiro atoms. The van der Waals surface area contributed by atoms with E-state index in [1.807, 2.05) is 50.4 Å². The van der Waals surface area contributed by atoms with E-state index >= 15 is 0 Å². The number of fused-ring (bicyclic) bond motifs is 1. The molecule has 0 aliphatic carbocycles. The maximum Gasteiger partial charge on any atom is 0.257 e. The molecule has 8 heteroatoms. The summed E-state index contributed by atoms with van der Waals surface area (Å²) in [6.45, 7) is 2.02. The van der Waals surface area contributed by atoms with Crippen molar-refractivity contribution in [2.45, 2.75) is 25.8 Å². The normalized spacial score (nSPS) is 14.9. The molecule has 2 aromatic heterocycles. The number of likely N-dealkylation sites (N-methyl/N-ethyl adjacent to an activating group) is 1. The molecule has 1 unspecified atom stereocenters. The van der Waals surface area contributed by atoms with Gasteiger partial charge in [0.05, 0.1) is 23.4 Å². The average Bonchev–Trinajstić information content (AvgIpc) is 3.22. The number of H-pyrrole nitrogens is 1. The van der Waals surface area contributed by atoms with Crippen molar-refractivity contribution in [2.24, 2.45) is 0 Å². The highest BCUT2D eigenvalue weighted by Gasteiger charge is 2.33. The second kappa shape index (κ2) is 9.65. The van der Waals surface area contributed by atoms with Crippen LogP contribution >= 0.6 is 0 Å². The summed E-state index contributed by atoms with van der Waals surface area (Å²) in [5, 5.41) is 6.24. The van der Waals surface area contributed by atoms with Crippen LogP contribution in [0.25, 0.3) is 11.3 Å². The number of nitrogens with one attached hydrogen (secondary N) is 3. The number of aromatic nitrogens is 2. The first-order chi connectivity index (χ1) is 17.4. The molecule has 0 saturated carbocycles. The van der Waals surface area contributed by atoms with Crippen molar-refractivity contribution in [3.05, 3.63) is 95.6 Å². The van der Waals surface area contributed by atoms with Gasteiger partial charge in [-0.05, 0) is 48.9 Å². The highest BCUT2D eigenvalue weighted by atomic mass is 19.1. The number of benzene rings is 2. The molecule has 2 amide bonds. The van der Waals surface area contributed by atoms with Crippen LogP contribution in [0.4, 0.5) is 21.6 Å². The molecule has 0 fully saturated rings. The van der Waals surface area contributed by atoms with E-state index in [4.69, 9.17) is 0 Å². The van der Waals surface area contributed by atoms with Crippen molar-refractivity contribution in [3.8, 4) is 11.3 Å². The minimum absolute atomic E-state index is 0.0495. The lowest BCUT2D eigenvalue weighted by molar-refractivity contribution is -0.115. The summed E-state index contributed by atoms with van der Waals surface area (Å²) in [6, 6.07) is 19.2. The van der Waals surface area contributed by atoms with E-state index in [-0.39, 0.29) is 30.1 Å². The zero-order valence-electron chi connectivity index (χ0n) is 20.0. The summed E-state index contributed by atoms with van der Waals surface area (Å²) in [6.07, 6.45) is 2.42. The molecule has 36 heavy (non-hydrogen) atoms. The summed E-state index contributed by atoms with van der Waals surface area (Å²) in [5.74, 6) is -0.271. The van der Waals surface area contributed by atoms with Crippen LogP contribution in [0.5, 0.6) is 0 Å². The van der Waals surface area contributed by atoms with Gasteiger partial charge in [0, 0.05) is 42.7 Å². The number of amides is 2. The number of carbonyl (C=O) groups is 2. The number of rotatable bonds is 6. The van der Waals surface area contributed by atoms with Gasteiger partial charge in [-0.2, -0.15) is 0 Å². The maximum atomic E-state index is 13.3. The first-order valence-electron chi connectivity index (χ1n) is 11.7. The number of halogens is 1. The fraction of sp³-hybridized carbons (Fsp3) is 0.179. The van der Waals surface area contributed by atoms with E-state index in [1.54, 1.807) is 29.3 Å². The molecular weight excluding hydrogens is 457 g/mol. The Morgan fingerprint density at radius 2 is 1.89 bits per heavy atom. The zero-order chi connectivity index (χ0) is 25.2. The molecule has 0 saturated heterocycles.